The Hall–Kier alpha value is -3.18. The number of amides is 1. The minimum absolute atomic E-state index is 0.0172. The van der Waals surface area contributed by atoms with Gasteiger partial charge in [0.05, 0.1) is 33.7 Å². The molecule has 9 heteroatoms. The van der Waals surface area contributed by atoms with E-state index in [1.807, 2.05) is 13.0 Å². The van der Waals surface area contributed by atoms with Crippen LogP contribution in [0.1, 0.15) is 74.5 Å². The van der Waals surface area contributed by atoms with Crippen LogP contribution in [-0.2, 0) is 11.2 Å². The molecule has 6 fully saturated rings. The molecular weight excluding hydrogens is 620 g/mol. The van der Waals surface area contributed by atoms with E-state index in [4.69, 9.17) is 28.2 Å². The molecule has 2 aromatic carbocycles. The number of halogens is 3. The van der Waals surface area contributed by atoms with Crippen LogP contribution in [0.15, 0.2) is 30.3 Å². The number of nitriles is 1. The molecule has 3 aliphatic heterocycles. The van der Waals surface area contributed by atoms with Crippen molar-refractivity contribution in [2.24, 2.45) is 23.7 Å². The first-order chi connectivity index (χ1) is 22.3. The number of rotatable bonds is 6. The van der Waals surface area contributed by atoms with Gasteiger partial charge in [0.2, 0.25) is 5.91 Å². The first-order valence-electron chi connectivity index (χ1n) is 16.8. The summed E-state index contributed by atoms with van der Waals surface area (Å²) < 4.78 is 19.6. The van der Waals surface area contributed by atoms with E-state index >= 15 is 4.39 Å². The molecule has 1 N–H and O–H groups in total. The maximum atomic E-state index is 17.1. The van der Waals surface area contributed by atoms with E-state index in [1.165, 1.54) is 5.69 Å². The van der Waals surface area contributed by atoms with Gasteiger partial charge in [0.25, 0.3) is 0 Å². The van der Waals surface area contributed by atoms with Crippen molar-refractivity contribution in [1.82, 2.24) is 19.8 Å². The standard InChI is InChI=1S/C37H36Cl2FN5O/c1-17-11-21-14-28(17)45(37(46)19-8-9-19)35(21)29-15-24-18(2)43-33-25(36(24)44(29)34-22-13-27(34)42-16-22)12-20(5-4-10-41)30(32(33)40)23-6-3-7-26(38)31(23)39/h3,6-7,12,15,17,19,21-22,27-28,34-35,42H,4-5,8-9,11,13-14,16H2,1-2H3/t17-,21+,22?,27?,28+,34?,35+/m0/s1. The fourth-order valence-corrected chi connectivity index (χ4v) is 10.0. The van der Waals surface area contributed by atoms with Gasteiger partial charge < -0.3 is 14.8 Å². The molecule has 2 aromatic heterocycles. The molecule has 10 rings (SSSR count). The lowest BCUT2D eigenvalue weighted by atomic mass is 9.79. The van der Waals surface area contributed by atoms with Gasteiger partial charge in [-0.05, 0) is 87.0 Å². The average molecular weight is 657 g/mol. The number of nitrogens with zero attached hydrogens (tertiary/aromatic N) is 4. The highest BCUT2D eigenvalue weighted by atomic mass is 35.5. The van der Waals surface area contributed by atoms with Gasteiger partial charge in [-0.3, -0.25) is 4.79 Å². The van der Waals surface area contributed by atoms with Crippen LogP contribution in [-0.4, -0.2) is 39.0 Å². The van der Waals surface area contributed by atoms with Crippen molar-refractivity contribution < 1.29 is 9.18 Å². The zero-order chi connectivity index (χ0) is 31.6. The molecule has 6 nitrogen and oxygen atoms in total. The molecule has 46 heavy (non-hydrogen) atoms. The number of likely N-dealkylation sites (tertiary alicyclic amines) is 1. The van der Waals surface area contributed by atoms with Crippen molar-refractivity contribution in [1.29, 1.82) is 5.26 Å². The lowest BCUT2D eigenvalue weighted by Crippen LogP contribution is -2.46. The summed E-state index contributed by atoms with van der Waals surface area (Å²) in [5.41, 5.74) is 4.82. The monoisotopic (exact) mass is 655 g/mol. The number of carbonyl (C=O) groups is 1. The Morgan fingerprint density at radius 1 is 1.15 bits per heavy atom. The van der Waals surface area contributed by atoms with E-state index in [9.17, 15) is 10.1 Å². The van der Waals surface area contributed by atoms with Crippen LogP contribution in [0.5, 0.6) is 0 Å². The third-order valence-electron chi connectivity index (χ3n) is 11.9. The highest BCUT2D eigenvalue weighted by Gasteiger charge is 2.56. The maximum absolute atomic E-state index is 17.1. The average Bonchev–Trinajstić information content (AvgIpc) is 3.39. The number of carbonyl (C=O) groups excluding carboxylic acids is 1. The van der Waals surface area contributed by atoms with E-state index in [-0.39, 0.29) is 35.5 Å². The van der Waals surface area contributed by atoms with Crippen molar-refractivity contribution in [3.05, 3.63) is 63.1 Å². The zero-order valence-corrected chi connectivity index (χ0v) is 27.5. The van der Waals surface area contributed by atoms with E-state index in [1.54, 1.807) is 18.2 Å². The second-order valence-electron chi connectivity index (χ2n) is 14.5. The topological polar surface area (TPSA) is 74.0 Å². The number of piperidine rings is 1. The van der Waals surface area contributed by atoms with Crippen molar-refractivity contribution >= 4 is 50.9 Å². The molecule has 4 bridgehead atoms. The van der Waals surface area contributed by atoms with Gasteiger partial charge in [-0.2, -0.15) is 5.26 Å². The van der Waals surface area contributed by atoms with Gasteiger partial charge in [-0.15, -0.1) is 0 Å². The number of benzene rings is 2. The van der Waals surface area contributed by atoms with Gasteiger partial charge in [0.1, 0.15) is 5.52 Å². The lowest BCUT2D eigenvalue weighted by molar-refractivity contribution is -0.138. The van der Waals surface area contributed by atoms with E-state index in [0.717, 1.165) is 60.6 Å². The zero-order valence-electron chi connectivity index (χ0n) is 26.0. The normalized spacial score (nSPS) is 29.6. The Morgan fingerprint density at radius 3 is 2.70 bits per heavy atom. The Balaban J connectivity index is 1.33. The molecule has 7 atom stereocenters. The van der Waals surface area contributed by atoms with Crippen LogP contribution in [0.2, 0.25) is 10.0 Å². The molecule has 6 aliphatic rings. The number of pyridine rings is 1. The van der Waals surface area contributed by atoms with Crippen molar-refractivity contribution in [2.75, 3.05) is 6.54 Å². The smallest absolute Gasteiger partial charge is 0.226 e. The summed E-state index contributed by atoms with van der Waals surface area (Å²) in [6.07, 6.45) is 5.89. The molecule has 3 aliphatic carbocycles. The van der Waals surface area contributed by atoms with Gasteiger partial charge in [0.15, 0.2) is 5.82 Å². The minimum Gasteiger partial charge on any atom is -0.337 e. The predicted octanol–water partition coefficient (Wildman–Crippen LogP) is 8.31. The summed E-state index contributed by atoms with van der Waals surface area (Å²) in [6, 6.07) is 12.7. The molecule has 236 valence electrons. The molecule has 0 spiro atoms. The lowest BCUT2D eigenvalue weighted by Gasteiger charge is -2.43. The van der Waals surface area contributed by atoms with Crippen LogP contribution in [0, 0.1) is 47.7 Å². The molecule has 0 radical (unpaired) electrons. The number of aromatic nitrogens is 2. The second-order valence-corrected chi connectivity index (χ2v) is 15.3. The fraction of sp³-hybridized carbons (Fsp3) is 0.486. The number of nitrogens with one attached hydrogen (secondary N) is 1. The Kier molecular flexibility index (Phi) is 6.56. The Morgan fingerprint density at radius 2 is 1.98 bits per heavy atom. The van der Waals surface area contributed by atoms with Crippen molar-refractivity contribution in [3.8, 4) is 17.2 Å². The quantitative estimate of drug-likeness (QED) is 0.227. The summed E-state index contributed by atoms with van der Waals surface area (Å²) in [6.45, 7) is 5.24. The Bertz CT molecular complexity index is 2000. The molecule has 1 amide bonds. The summed E-state index contributed by atoms with van der Waals surface area (Å²) in [5, 5.41) is 15.7. The molecule has 3 unspecified atom stereocenters. The molecule has 3 saturated heterocycles. The predicted molar refractivity (Wildman–Crippen MR) is 178 cm³/mol. The Labute approximate surface area is 277 Å². The highest BCUT2D eigenvalue weighted by Crippen LogP contribution is 2.57. The fourth-order valence-electron chi connectivity index (χ4n) is 9.65. The van der Waals surface area contributed by atoms with Crippen molar-refractivity contribution in [3.63, 3.8) is 0 Å². The van der Waals surface area contributed by atoms with E-state index < -0.39 is 5.82 Å². The summed E-state index contributed by atoms with van der Waals surface area (Å²) in [4.78, 5) is 21.1. The van der Waals surface area contributed by atoms with E-state index in [2.05, 4.69) is 33.8 Å². The van der Waals surface area contributed by atoms with Crippen molar-refractivity contribution in [2.45, 2.75) is 83.0 Å². The van der Waals surface area contributed by atoms with E-state index in [0.29, 0.717) is 63.4 Å². The SMILES string of the molecule is Cc1nc2c(F)c(-c3cccc(Cl)c3Cl)c(CCC#N)cc2c2c1cc([C@H]1[C@H]3C[C@H]([C@@H](C)C3)N1C(=O)C1CC1)n2C1C2CNC1C2. The van der Waals surface area contributed by atoms with Crippen LogP contribution in [0.3, 0.4) is 0 Å². The summed E-state index contributed by atoms with van der Waals surface area (Å²) in [5.74, 6) is 1.44. The molecular formula is C37H36Cl2FN5O. The first-order valence-corrected chi connectivity index (χ1v) is 17.6. The molecule has 4 aromatic rings. The van der Waals surface area contributed by atoms with Gasteiger partial charge in [-0.1, -0.05) is 42.3 Å². The third-order valence-corrected chi connectivity index (χ3v) is 12.7. The number of hydrogen-bond donors (Lipinski definition) is 1. The first kappa shape index (κ1) is 29.0. The maximum Gasteiger partial charge on any atom is 0.226 e. The highest BCUT2D eigenvalue weighted by molar-refractivity contribution is 6.43. The summed E-state index contributed by atoms with van der Waals surface area (Å²) >= 11 is 13.1. The summed E-state index contributed by atoms with van der Waals surface area (Å²) in [7, 11) is 0. The van der Waals surface area contributed by atoms with Gasteiger partial charge >= 0.3 is 0 Å². The molecule has 5 heterocycles. The number of fused-ring (bicyclic) bond motifs is 6. The van der Waals surface area contributed by atoms with Crippen LogP contribution >= 0.6 is 23.2 Å². The van der Waals surface area contributed by atoms with Gasteiger partial charge in [0, 0.05) is 64.3 Å². The third kappa shape index (κ3) is 4.02. The second kappa shape index (κ2) is 10.4. The van der Waals surface area contributed by atoms with Gasteiger partial charge in [-0.25, -0.2) is 9.37 Å². The van der Waals surface area contributed by atoms with Crippen LogP contribution in [0.4, 0.5) is 4.39 Å². The molecule has 3 saturated carbocycles. The largest absolute Gasteiger partial charge is 0.337 e. The number of hydrogen-bond acceptors (Lipinski definition) is 4. The van der Waals surface area contributed by atoms with Crippen LogP contribution < -0.4 is 5.32 Å². The minimum atomic E-state index is -0.442. The van der Waals surface area contributed by atoms with Crippen LogP contribution in [0.25, 0.3) is 32.9 Å². The number of aryl methyl sites for hydroxylation is 2.